The number of carbonyl (C=O) groups is 3. The Morgan fingerprint density at radius 1 is 1.09 bits per heavy atom. The van der Waals surface area contributed by atoms with Crippen molar-refractivity contribution in [2.75, 3.05) is 39.6 Å². The molecule has 1 atom stereocenters. The largest absolute Gasteiger partial charge is 0.504 e. The summed E-state index contributed by atoms with van der Waals surface area (Å²) in [6, 6.07) is 7.50. The third-order valence-corrected chi connectivity index (χ3v) is 4.23. The van der Waals surface area contributed by atoms with Crippen LogP contribution in [0.2, 0.25) is 0 Å². The molecule has 1 aliphatic carbocycles. The van der Waals surface area contributed by atoms with Crippen LogP contribution in [-0.4, -0.2) is 83.6 Å². The number of benzene rings is 1. The Morgan fingerprint density at radius 2 is 1.73 bits per heavy atom. The van der Waals surface area contributed by atoms with Crippen molar-refractivity contribution in [2.24, 2.45) is 5.73 Å². The normalized spacial score (nSPS) is 13.5. The molecule has 0 spiro atoms. The summed E-state index contributed by atoms with van der Waals surface area (Å²) in [4.78, 5) is 36.8. The van der Waals surface area contributed by atoms with Crippen LogP contribution in [-0.2, 0) is 14.3 Å². The SMILES string of the molecule is NCCO.O=C(/C=C(\O)c1cc2c(o1)C(=O)c1ccccc1C2=O)OCCOCC(O)CO. The van der Waals surface area contributed by atoms with Gasteiger partial charge in [-0.3, -0.25) is 9.59 Å². The number of aliphatic hydroxyl groups excluding tert-OH is 4. The van der Waals surface area contributed by atoms with Crippen LogP contribution in [0.1, 0.15) is 37.8 Å². The zero-order chi connectivity index (χ0) is 24.4. The Labute approximate surface area is 188 Å². The summed E-state index contributed by atoms with van der Waals surface area (Å²) >= 11 is 0. The van der Waals surface area contributed by atoms with Crippen LogP contribution in [0.5, 0.6) is 0 Å². The van der Waals surface area contributed by atoms with Crippen molar-refractivity contribution in [3.8, 4) is 0 Å². The molecule has 0 saturated heterocycles. The van der Waals surface area contributed by atoms with Crippen LogP contribution in [0, 0.1) is 0 Å². The molecule has 1 aliphatic rings. The van der Waals surface area contributed by atoms with Gasteiger partial charge in [0, 0.05) is 17.7 Å². The predicted octanol–water partition coefficient (Wildman–Crippen LogP) is -0.196. The highest BCUT2D eigenvalue weighted by molar-refractivity contribution is 6.27. The van der Waals surface area contributed by atoms with E-state index in [2.05, 4.69) is 0 Å². The molecular weight excluding hydrogens is 438 g/mol. The van der Waals surface area contributed by atoms with Gasteiger partial charge in [-0.2, -0.15) is 0 Å². The third-order valence-electron chi connectivity index (χ3n) is 4.23. The van der Waals surface area contributed by atoms with E-state index >= 15 is 0 Å². The fraction of sp³-hybridized carbons (Fsp3) is 0.318. The van der Waals surface area contributed by atoms with E-state index in [1.807, 2.05) is 0 Å². The van der Waals surface area contributed by atoms with Crippen molar-refractivity contribution in [1.82, 2.24) is 0 Å². The topological polar surface area (TPSA) is 190 Å². The van der Waals surface area contributed by atoms with Crippen LogP contribution < -0.4 is 5.73 Å². The Morgan fingerprint density at radius 3 is 2.33 bits per heavy atom. The molecule has 0 radical (unpaired) electrons. The molecule has 3 rings (SSSR count). The van der Waals surface area contributed by atoms with Gasteiger partial charge in [0.1, 0.15) is 12.7 Å². The van der Waals surface area contributed by atoms with Crippen LogP contribution >= 0.6 is 0 Å². The number of furan rings is 1. The lowest BCUT2D eigenvalue weighted by atomic mass is 9.88. The minimum absolute atomic E-state index is 0.00728. The van der Waals surface area contributed by atoms with E-state index in [-0.39, 0.29) is 54.6 Å². The predicted molar refractivity (Wildman–Crippen MR) is 114 cm³/mol. The first-order valence-corrected chi connectivity index (χ1v) is 9.91. The molecule has 33 heavy (non-hydrogen) atoms. The number of carbonyl (C=O) groups excluding carboxylic acids is 3. The molecule has 1 unspecified atom stereocenters. The minimum atomic E-state index is -1.02. The average molecular weight is 463 g/mol. The van der Waals surface area contributed by atoms with Crippen LogP contribution in [0.25, 0.3) is 5.76 Å². The maximum atomic E-state index is 12.5. The number of aliphatic hydroxyl groups is 4. The quantitative estimate of drug-likeness (QED) is 0.122. The van der Waals surface area contributed by atoms with Crippen molar-refractivity contribution in [1.29, 1.82) is 0 Å². The number of ketones is 2. The summed E-state index contributed by atoms with van der Waals surface area (Å²) in [5.41, 5.74) is 5.24. The molecule has 0 amide bonds. The molecule has 11 nitrogen and oxygen atoms in total. The number of hydrogen-bond acceptors (Lipinski definition) is 11. The molecule has 0 fully saturated rings. The van der Waals surface area contributed by atoms with E-state index in [1.54, 1.807) is 12.1 Å². The van der Waals surface area contributed by atoms with E-state index in [0.717, 1.165) is 6.08 Å². The van der Waals surface area contributed by atoms with Gasteiger partial charge in [0.15, 0.2) is 23.1 Å². The van der Waals surface area contributed by atoms with Gasteiger partial charge >= 0.3 is 5.97 Å². The smallest absolute Gasteiger partial charge is 0.334 e. The first-order valence-electron chi connectivity index (χ1n) is 9.91. The second-order valence-electron chi connectivity index (χ2n) is 6.68. The summed E-state index contributed by atoms with van der Waals surface area (Å²) in [5, 5.41) is 35.6. The van der Waals surface area contributed by atoms with E-state index < -0.39 is 36.0 Å². The molecule has 11 heteroatoms. The van der Waals surface area contributed by atoms with Gasteiger partial charge in [0.2, 0.25) is 5.78 Å². The van der Waals surface area contributed by atoms with Crippen LogP contribution in [0.3, 0.4) is 0 Å². The van der Waals surface area contributed by atoms with E-state index in [0.29, 0.717) is 6.54 Å². The Hall–Kier alpha value is -3.35. The van der Waals surface area contributed by atoms with Crippen molar-refractivity contribution in [2.45, 2.75) is 6.10 Å². The second-order valence-corrected chi connectivity index (χ2v) is 6.68. The lowest BCUT2D eigenvalue weighted by Gasteiger charge is -2.11. The van der Waals surface area contributed by atoms with Crippen molar-refractivity contribution < 1.29 is 48.7 Å². The highest BCUT2D eigenvalue weighted by Crippen LogP contribution is 2.31. The average Bonchev–Trinajstić information content (AvgIpc) is 3.28. The number of fused-ring (bicyclic) bond motifs is 2. The first-order chi connectivity index (χ1) is 15.8. The van der Waals surface area contributed by atoms with Crippen LogP contribution in [0.15, 0.2) is 40.8 Å². The van der Waals surface area contributed by atoms with Gasteiger partial charge in [-0.05, 0) is 6.07 Å². The second kappa shape index (κ2) is 12.6. The van der Waals surface area contributed by atoms with Crippen molar-refractivity contribution in [3.63, 3.8) is 0 Å². The lowest BCUT2D eigenvalue weighted by molar-refractivity contribution is -0.139. The summed E-state index contributed by atoms with van der Waals surface area (Å²) in [7, 11) is 0. The van der Waals surface area contributed by atoms with E-state index in [1.165, 1.54) is 18.2 Å². The van der Waals surface area contributed by atoms with E-state index in [9.17, 15) is 19.5 Å². The van der Waals surface area contributed by atoms with Gasteiger partial charge in [-0.1, -0.05) is 24.3 Å². The standard InChI is InChI=1S/C20H18O9.C2H7NO/c21-9-11(22)10-27-5-6-28-17(24)8-15(23)16-7-14-18(25)12-3-1-2-4-13(12)19(26)20(14)29-16;3-1-2-4/h1-4,7-8,11,21-23H,5-6,9-10H2;4H,1-3H2/b15-8-;. The Kier molecular flexibility index (Phi) is 9.91. The van der Waals surface area contributed by atoms with E-state index in [4.69, 9.17) is 34.9 Å². The summed E-state index contributed by atoms with van der Waals surface area (Å²) in [6.07, 6.45) is -0.272. The zero-order valence-corrected chi connectivity index (χ0v) is 17.6. The molecule has 2 aromatic rings. The van der Waals surface area contributed by atoms with Gasteiger partial charge < -0.3 is 40.1 Å². The zero-order valence-electron chi connectivity index (χ0n) is 17.6. The van der Waals surface area contributed by atoms with Crippen molar-refractivity contribution in [3.05, 3.63) is 64.6 Å². The number of rotatable bonds is 9. The van der Waals surface area contributed by atoms with Gasteiger partial charge in [-0.15, -0.1) is 0 Å². The highest BCUT2D eigenvalue weighted by Gasteiger charge is 2.34. The summed E-state index contributed by atoms with van der Waals surface area (Å²) in [6.45, 7) is -0.257. The monoisotopic (exact) mass is 463 g/mol. The van der Waals surface area contributed by atoms with Crippen molar-refractivity contribution >= 4 is 23.3 Å². The molecule has 0 bridgehead atoms. The number of esters is 1. The lowest BCUT2D eigenvalue weighted by Crippen LogP contribution is -2.21. The van der Waals surface area contributed by atoms with Crippen LogP contribution in [0.4, 0.5) is 0 Å². The molecule has 1 aromatic heterocycles. The molecule has 178 valence electrons. The minimum Gasteiger partial charge on any atom is -0.504 e. The number of nitrogens with two attached hydrogens (primary N) is 1. The maximum Gasteiger partial charge on any atom is 0.334 e. The Bertz CT molecular complexity index is 956. The highest BCUT2D eigenvalue weighted by atomic mass is 16.6. The molecule has 6 N–H and O–H groups in total. The fourth-order valence-electron chi connectivity index (χ4n) is 2.70. The summed E-state index contributed by atoms with van der Waals surface area (Å²) < 4.78 is 15.1. The van der Waals surface area contributed by atoms with Gasteiger partial charge in [0.05, 0.1) is 38.1 Å². The fourth-order valence-corrected chi connectivity index (χ4v) is 2.70. The molecule has 0 aliphatic heterocycles. The number of ether oxygens (including phenoxy) is 2. The third kappa shape index (κ3) is 6.81. The van der Waals surface area contributed by atoms with Gasteiger partial charge in [-0.25, -0.2) is 4.79 Å². The summed E-state index contributed by atoms with van der Waals surface area (Å²) in [5.74, 6) is -2.83. The number of hydrogen-bond donors (Lipinski definition) is 5. The maximum absolute atomic E-state index is 12.5. The molecular formula is C22H25NO10. The molecule has 0 saturated carbocycles. The molecule has 1 aromatic carbocycles. The molecule has 1 heterocycles. The first kappa shape index (κ1) is 25.9. The van der Waals surface area contributed by atoms with Gasteiger partial charge in [0.25, 0.3) is 0 Å². The Balaban J connectivity index is 0.000000890.